The van der Waals surface area contributed by atoms with Crippen LogP contribution in [0.4, 0.5) is 14.5 Å². The summed E-state index contributed by atoms with van der Waals surface area (Å²) in [5, 5.41) is 13.3. The van der Waals surface area contributed by atoms with Gasteiger partial charge in [-0.1, -0.05) is 24.3 Å². The molecule has 0 amide bonds. The number of halogens is 2. The van der Waals surface area contributed by atoms with Crippen LogP contribution in [-0.4, -0.2) is 55.8 Å². The van der Waals surface area contributed by atoms with Crippen molar-refractivity contribution in [3.8, 4) is 11.5 Å². The lowest BCUT2D eigenvalue weighted by molar-refractivity contribution is -0.0498. The summed E-state index contributed by atoms with van der Waals surface area (Å²) < 4.78 is 29.2. The standard InChI is InChI=1S/C20H24F2N4O2/c1-23-20(24-14-15-5-4-6-16(13-15)28-19(21)22)26-11-9-25(10-12-26)17-7-2-3-8-18(17)27/h2-8,13,19,27H,9-12,14H2,1H3,(H,23,24). The van der Waals surface area contributed by atoms with E-state index in [-0.39, 0.29) is 11.5 Å². The SMILES string of the molecule is CN=C(NCc1cccc(OC(F)F)c1)N1CCN(c2ccccc2O)CC1. The molecule has 0 radical (unpaired) electrons. The van der Waals surface area contributed by atoms with Crippen molar-refractivity contribution in [2.24, 2.45) is 4.99 Å². The van der Waals surface area contributed by atoms with Gasteiger partial charge in [-0.25, -0.2) is 0 Å². The van der Waals surface area contributed by atoms with Crippen LogP contribution in [0, 0.1) is 0 Å². The Bertz CT molecular complexity index is 808. The first kappa shape index (κ1) is 19.7. The third-order valence-corrected chi connectivity index (χ3v) is 4.59. The van der Waals surface area contributed by atoms with Gasteiger partial charge in [0.1, 0.15) is 11.5 Å². The summed E-state index contributed by atoms with van der Waals surface area (Å²) in [6.45, 7) is 0.639. The van der Waals surface area contributed by atoms with Gasteiger partial charge in [0.2, 0.25) is 0 Å². The number of aliphatic imine (C=N–C) groups is 1. The molecule has 0 atom stereocenters. The summed E-state index contributed by atoms with van der Waals surface area (Å²) in [5.74, 6) is 1.17. The summed E-state index contributed by atoms with van der Waals surface area (Å²) in [5.41, 5.74) is 1.66. The molecule has 0 aliphatic carbocycles. The summed E-state index contributed by atoms with van der Waals surface area (Å²) >= 11 is 0. The summed E-state index contributed by atoms with van der Waals surface area (Å²) in [6, 6.07) is 13.9. The minimum absolute atomic E-state index is 0.139. The van der Waals surface area contributed by atoms with Gasteiger partial charge in [-0.05, 0) is 29.8 Å². The van der Waals surface area contributed by atoms with Gasteiger partial charge < -0.3 is 25.0 Å². The van der Waals surface area contributed by atoms with Crippen LogP contribution >= 0.6 is 0 Å². The molecule has 0 bridgehead atoms. The van der Waals surface area contributed by atoms with Crippen LogP contribution in [0.2, 0.25) is 0 Å². The van der Waals surface area contributed by atoms with Gasteiger partial charge >= 0.3 is 6.61 Å². The predicted octanol–water partition coefficient (Wildman–Crippen LogP) is 2.89. The highest BCUT2D eigenvalue weighted by atomic mass is 19.3. The molecule has 28 heavy (non-hydrogen) atoms. The van der Waals surface area contributed by atoms with Gasteiger partial charge in [-0.15, -0.1) is 0 Å². The van der Waals surface area contributed by atoms with E-state index >= 15 is 0 Å². The molecule has 8 heteroatoms. The minimum atomic E-state index is -2.84. The Kier molecular flexibility index (Phi) is 6.52. The van der Waals surface area contributed by atoms with Crippen molar-refractivity contribution >= 4 is 11.6 Å². The van der Waals surface area contributed by atoms with Crippen molar-refractivity contribution in [1.82, 2.24) is 10.2 Å². The fraction of sp³-hybridized carbons (Fsp3) is 0.350. The van der Waals surface area contributed by atoms with E-state index in [1.807, 2.05) is 24.3 Å². The second-order valence-electron chi connectivity index (χ2n) is 6.39. The zero-order valence-corrected chi connectivity index (χ0v) is 15.7. The molecule has 2 aromatic rings. The largest absolute Gasteiger partial charge is 0.506 e. The Morgan fingerprint density at radius 2 is 1.89 bits per heavy atom. The summed E-state index contributed by atoms with van der Waals surface area (Å²) in [6.07, 6.45) is 0. The molecule has 2 aromatic carbocycles. The highest BCUT2D eigenvalue weighted by Gasteiger charge is 2.21. The van der Waals surface area contributed by atoms with Crippen LogP contribution in [0.1, 0.15) is 5.56 Å². The molecule has 1 aliphatic heterocycles. The van der Waals surface area contributed by atoms with Crippen molar-refractivity contribution < 1.29 is 18.6 Å². The van der Waals surface area contributed by atoms with E-state index in [2.05, 4.69) is 24.8 Å². The van der Waals surface area contributed by atoms with Gasteiger partial charge in [-0.2, -0.15) is 8.78 Å². The third-order valence-electron chi connectivity index (χ3n) is 4.59. The maximum atomic E-state index is 12.4. The van der Waals surface area contributed by atoms with E-state index in [4.69, 9.17) is 0 Å². The molecule has 0 aromatic heterocycles. The topological polar surface area (TPSA) is 60.3 Å². The van der Waals surface area contributed by atoms with Crippen molar-refractivity contribution in [2.45, 2.75) is 13.2 Å². The van der Waals surface area contributed by atoms with E-state index in [1.165, 1.54) is 6.07 Å². The zero-order chi connectivity index (χ0) is 19.9. The number of para-hydroxylation sites is 2. The number of phenols is 1. The van der Waals surface area contributed by atoms with E-state index < -0.39 is 6.61 Å². The Morgan fingerprint density at radius 3 is 2.57 bits per heavy atom. The van der Waals surface area contributed by atoms with Crippen molar-refractivity contribution in [2.75, 3.05) is 38.1 Å². The average Bonchev–Trinajstić information content (AvgIpc) is 2.69. The Labute approximate surface area is 163 Å². The Balaban J connectivity index is 1.55. The highest BCUT2D eigenvalue weighted by Crippen LogP contribution is 2.27. The number of guanidine groups is 1. The fourth-order valence-corrected chi connectivity index (χ4v) is 3.24. The molecule has 1 fully saturated rings. The first-order chi connectivity index (χ1) is 13.6. The molecule has 0 unspecified atom stereocenters. The van der Waals surface area contributed by atoms with Crippen LogP contribution < -0.4 is 15.0 Å². The third kappa shape index (κ3) is 5.03. The molecule has 1 heterocycles. The average molecular weight is 390 g/mol. The number of rotatable bonds is 5. The molecule has 150 valence electrons. The predicted molar refractivity (Wildman–Crippen MR) is 105 cm³/mol. The number of piperazine rings is 1. The number of ether oxygens (including phenoxy) is 1. The molecule has 6 nitrogen and oxygen atoms in total. The van der Waals surface area contributed by atoms with Gasteiger partial charge in [0, 0.05) is 39.8 Å². The second-order valence-corrected chi connectivity index (χ2v) is 6.39. The number of nitrogens with zero attached hydrogens (tertiary/aromatic N) is 3. The summed E-state index contributed by atoms with van der Waals surface area (Å²) in [4.78, 5) is 8.60. The number of phenolic OH excluding ortho intramolecular Hbond substituents is 1. The van der Waals surface area contributed by atoms with Crippen LogP contribution in [0.5, 0.6) is 11.5 Å². The Hall–Kier alpha value is -3.03. The smallest absolute Gasteiger partial charge is 0.387 e. The van der Waals surface area contributed by atoms with E-state index in [0.717, 1.165) is 43.4 Å². The normalized spacial score (nSPS) is 15.1. The number of hydrogen-bond donors (Lipinski definition) is 2. The maximum Gasteiger partial charge on any atom is 0.387 e. The maximum absolute atomic E-state index is 12.4. The highest BCUT2D eigenvalue weighted by molar-refractivity contribution is 5.80. The first-order valence-corrected chi connectivity index (χ1v) is 9.09. The van der Waals surface area contributed by atoms with E-state index in [9.17, 15) is 13.9 Å². The molecular formula is C20H24F2N4O2. The zero-order valence-electron chi connectivity index (χ0n) is 15.7. The Morgan fingerprint density at radius 1 is 1.14 bits per heavy atom. The van der Waals surface area contributed by atoms with Gasteiger partial charge in [0.05, 0.1) is 5.69 Å². The van der Waals surface area contributed by atoms with Gasteiger partial charge in [0.25, 0.3) is 0 Å². The second kappa shape index (κ2) is 9.25. The van der Waals surface area contributed by atoms with E-state index in [0.29, 0.717) is 6.54 Å². The molecule has 3 rings (SSSR count). The molecule has 1 saturated heterocycles. The lowest BCUT2D eigenvalue weighted by Crippen LogP contribution is -2.52. The number of anilines is 1. The van der Waals surface area contributed by atoms with Crippen LogP contribution in [0.15, 0.2) is 53.5 Å². The number of alkyl halides is 2. The molecule has 0 spiro atoms. The fourth-order valence-electron chi connectivity index (χ4n) is 3.24. The quantitative estimate of drug-likeness (QED) is 0.607. The number of hydrogen-bond acceptors (Lipinski definition) is 4. The van der Waals surface area contributed by atoms with E-state index in [1.54, 1.807) is 25.2 Å². The number of benzene rings is 2. The van der Waals surface area contributed by atoms with Crippen LogP contribution in [0.25, 0.3) is 0 Å². The van der Waals surface area contributed by atoms with Gasteiger partial charge in [0.15, 0.2) is 5.96 Å². The van der Waals surface area contributed by atoms with Crippen molar-refractivity contribution in [3.63, 3.8) is 0 Å². The number of nitrogens with one attached hydrogen (secondary N) is 1. The summed E-state index contributed by atoms with van der Waals surface area (Å²) in [7, 11) is 1.72. The number of aromatic hydroxyl groups is 1. The van der Waals surface area contributed by atoms with Gasteiger partial charge in [-0.3, -0.25) is 4.99 Å². The minimum Gasteiger partial charge on any atom is -0.506 e. The lowest BCUT2D eigenvalue weighted by Gasteiger charge is -2.37. The molecule has 1 aliphatic rings. The first-order valence-electron chi connectivity index (χ1n) is 9.09. The monoisotopic (exact) mass is 390 g/mol. The molecule has 0 saturated carbocycles. The molecular weight excluding hydrogens is 366 g/mol. The van der Waals surface area contributed by atoms with Crippen LogP contribution in [0.3, 0.4) is 0 Å². The lowest BCUT2D eigenvalue weighted by atomic mass is 10.2. The van der Waals surface area contributed by atoms with Crippen molar-refractivity contribution in [1.29, 1.82) is 0 Å². The molecule has 2 N–H and O–H groups in total. The van der Waals surface area contributed by atoms with Crippen molar-refractivity contribution in [3.05, 3.63) is 54.1 Å². The van der Waals surface area contributed by atoms with Crippen LogP contribution in [-0.2, 0) is 6.54 Å².